The van der Waals surface area contributed by atoms with E-state index in [1.54, 1.807) is 6.08 Å². The van der Waals surface area contributed by atoms with Crippen LogP contribution in [-0.4, -0.2) is 11.1 Å². The summed E-state index contributed by atoms with van der Waals surface area (Å²) in [5, 5.41) is 0. The van der Waals surface area contributed by atoms with Crippen LogP contribution in [0.15, 0.2) is 10.7 Å². The summed E-state index contributed by atoms with van der Waals surface area (Å²) < 4.78 is 5.23. The maximum absolute atomic E-state index is 5.55. The van der Waals surface area contributed by atoms with Crippen LogP contribution in [0.25, 0.3) is 0 Å². The van der Waals surface area contributed by atoms with Gasteiger partial charge in [-0.2, -0.15) is 0 Å². The molecule has 0 amide bonds. The Kier molecular flexibility index (Phi) is 1.65. The summed E-state index contributed by atoms with van der Waals surface area (Å²) in [6.07, 6.45) is 1.77. The molecule has 1 heterocycles. The molecule has 0 aromatic carbocycles. The third-order valence-electron chi connectivity index (χ3n) is 0.785. The van der Waals surface area contributed by atoms with Gasteiger partial charge in [-0.05, 0) is 22.0 Å². The van der Waals surface area contributed by atoms with Crippen LogP contribution in [0.3, 0.4) is 0 Å². The van der Waals surface area contributed by atoms with Gasteiger partial charge in [-0.15, -0.1) is 0 Å². The summed E-state index contributed by atoms with van der Waals surface area (Å²) in [4.78, 5) is 0. The van der Waals surface area contributed by atoms with Crippen molar-refractivity contribution >= 4 is 31.9 Å². The third-order valence-corrected chi connectivity index (χ3v) is 1.70. The fourth-order valence-corrected chi connectivity index (χ4v) is 1.60. The van der Waals surface area contributed by atoms with Gasteiger partial charge in [0.05, 0.1) is 0 Å². The van der Waals surface area contributed by atoms with E-state index >= 15 is 0 Å². The molecular formula is C4H5Br2NO. The Labute approximate surface area is 64.3 Å². The average Bonchev–Trinajstić information content (AvgIpc) is 1.82. The molecule has 1 aliphatic rings. The number of rotatable bonds is 0. The van der Waals surface area contributed by atoms with Gasteiger partial charge < -0.3 is 10.5 Å². The predicted molar refractivity (Wildman–Crippen MR) is 38.8 cm³/mol. The first-order valence-corrected chi connectivity index (χ1v) is 3.68. The van der Waals surface area contributed by atoms with Gasteiger partial charge in [0, 0.05) is 0 Å². The highest BCUT2D eigenvalue weighted by molar-refractivity contribution is 9.12. The van der Waals surface area contributed by atoms with E-state index in [0.717, 1.165) is 0 Å². The fraction of sp³-hybridized carbons (Fsp3) is 0.500. The van der Waals surface area contributed by atoms with Crippen LogP contribution in [-0.2, 0) is 4.74 Å². The van der Waals surface area contributed by atoms with Crippen molar-refractivity contribution < 1.29 is 4.74 Å². The minimum atomic E-state index is -0.453. The Hall–Kier alpha value is 0.460. The van der Waals surface area contributed by atoms with E-state index in [9.17, 15) is 0 Å². The van der Waals surface area contributed by atoms with Gasteiger partial charge in [0.15, 0.2) is 4.67 Å². The maximum atomic E-state index is 5.55. The molecule has 4 heteroatoms. The largest absolute Gasteiger partial charge is 0.484 e. The Bertz CT molecular complexity index is 132. The number of alkyl halides is 1. The molecule has 0 fully saturated rings. The van der Waals surface area contributed by atoms with Gasteiger partial charge in [0.1, 0.15) is 11.1 Å². The van der Waals surface area contributed by atoms with Crippen LogP contribution in [0.5, 0.6) is 0 Å². The lowest BCUT2D eigenvalue weighted by molar-refractivity contribution is 0.256. The van der Waals surface area contributed by atoms with E-state index in [1.807, 2.05) is 0 Å². The summed E-state index contributed by atoms with van der Waals surface area (Å²) in [5.74, 6) is 0. The standard InChI is InChI=1S/C4H5Br2NO/c5-3-1-4(6,7)2-8-3/h1H,2,7H2. The normalized spacial score (nSPS) is 36.6. The first kappa shape index (κ1) is 6.58. The molecule has 46 valence electrons. The molecule has 0 aliphatic carbocycles. The summed E-state index contributed by atoms with van der Waals surface area (Å²) in [7, 11) is 0. The van der Waals surface area contributed by atoms with Gasteiger partial charge >= 0.3 is 0 Å². The van der Waals surface area contributed by atoms with Gasteiger partial charge in [-0.3, -0.25) is 0 Å². The summed E-state index contributed by atoms with van der Waals surface area (Å²) in [5.41, 5.74) is 5.55. The maximum Gasteiger partial charge on any atom is 0.161 e. The van der Waals surface area contributed by atoms with E-state index in [2.05, 4.69) is 31.9 Å². The van der Waals surface area contributed by atoms with Gasteiger partial charge in [0.25, 0.3) is 0 Å². The van der Waals surface area contributed by atoms with E-state index in [-0.39, 0.29) is 0 Å². The van der Waals surface area contributed by atoms with Crippen molar-refractivity contribution in [1.29, 1.82) is 0 Å². The zero-order chi connectivity index (χ0) is 6.20. The number of halogens is 2. The van der Waals surface area contributed by atoms with Crippen LogP contribution >= 0.6 is 31.9 Å². The Balaban J connectivity index is 2.67. The molecular weight excluding hydrogens is 238 g/mol. The number of ether oxygens (including phenoxy) is 1. The SMILES string of the molecule is NC1(Br)C=C(Br)OC1. The second kappa shape index (κ2) is 2.01. The van der Waals surface area contributed by atoms with Crippen LogP contribution in [0, 0.1) is 0 Å². The molecule has 0 radical (unpaired) electrons. The van der Waals surface area contributed by atoms with E-state index in [1.165, 1.54) is 0 Å². The topological polar surface area (TPSA) is 35.2 Å². The van der Waals surface area contributed by atoms with Gasteiger partial charge in [-0.1, -0.05) is 15.9 Å². The monoisotopic (exact) mass is 241 g/mol. The van der Waals surface area contributed by atoms with Crippen LogP contribution in [0.2, 0.25) is 0 Å². The van der Waals surface area contributed by atoms with E-state index in [0.29, 0.717) is 11.3 Å². The molecule has 0 saturated heterocycles. The highest BCUT2D eigenvalue weighted by Crippen LogP contribution is 2.26. The van der Waals surface area contributed by atoms with Crippen molar-refractivity contribution in [1.82, 2.24) is 0 Å². The first-order chi connectivity index (χ1) is 3.60. The Morgan fingerprint density at radius 3 is 2.62 bits per heavy atom. The van der Waals surface area contributed by atoms with Crippen molar-refractivity contribution in [3.8, 4) is 0 Å². The zero-order valence-electron chi connectivity index (χ0n) is 4.03. The van der Waals surface area contributed by atoms with Crippen molar-refractivity contribution in [3.05, 3.63) is 10.7 Å². The molecule has 0 aromatic heterocycles. The Morgan fingerprint density at radius 1 is 1.88 bits per heavy atom. The second-order valence-corrected chi connectivity index (χ2v) is 3.92. The minimum absolute atomic E-state index is 0.453. The molecule has 8 heavy (non-hydrogen) atoms. The van der Waals surface area contributed by atoms with Crippen molar-refractivity contribution in [3.63, 3.8) is 0 Å². The number of hydrogen-bond acceptors (Lipinski definition) is 2. The highest BCUT2D eigenvalue weighted by Gasteiger charge is 2.25. The zero-order valence-corrected chi connectivity index (χ0v) is 7.20. The second-order valence-electron chi connectivity index (χ2n) is 1.66. The van der Waals surface area contributed by atoms with E-state index < -0.39 is 4.45 Å². The van der Waals surface area contributed by atoms with Crippen LogP contribution in [0.1, 0.15) is 0 Å². The fourth-order valence-electron chi connectivity index (χ4n) is 0.452. The lowest BCUT2D eigenvalue weighted by Gasteiger charge is -2.07. The molecule has 1 aliphatic heterocycles. The first-order valence-electron chi connectivity index (χ1n) is 2.09. The molecule has 1 atom stereocenters. The lowest BCUT2D eigenvalue weighted by Crippen LogP contribution is -2.31. The smallest absolute Gasteiger partial charge is 0.161 e. The third kappa shape index (κ3) is 1.47. The summed E-state index contributed by atoms with van der Waals surface area (Å²) in [6.45, 7) is 0.494. The lowest BCUT2D eigenvalue weighted by atomic mass is 10.4. The van der Waals surface area contributed by atoms with Crippen molar-refractivity contribution in [2.45, 2.75) is 4.45 Å². The minimum Gasteiger partial charge on any atom is -0.484 e. The number of hydrogen-bond donors (Lipinski definition) is 1. The molecule has 2 nitrogen and oxygen atoms in total. The molecule has 2 N–H and O–H groups in total. The molecule has 0 spiro atoms. The summed E-state index contributed by atoms with van der Waals surface area (Å²) >= 11 is 6.37. The summed E-state index contributed by atoms with van der Waals surface area (Å²) in [6, 6.07) is 0. The molecule has 1 unspecified atom stereocenters. The van der Waals surface area contributed by atoms with Crippen LogP contribution < -0.4 is 5.73 Å². The van der Waals surface area contributed by atoms with E-state index in [4.69, 9.17) is 10.5 Å². The van der Waals surface area contributed by atoms with Crippen molar-refractivity contribution in [2.75, 3.05) is 6.61 Å². The number of nitrogens with two attached hydrogens (primary N) is 1. The average molecular weight is 243 g/mol. The Morgan fingerprint density at radius 2 is 2.50 bits per heavy atom. The molecule has 1 rings (SSSR count). The highest BCUT2D eigenvalue weighted by atomic mass is 79.9. The predicted octanol–water partition coefficient (Wildman–Crippen LogP) is 1.30. The molecule has 0 saturated carbocycles. The van der Waals surface area contributed by atoms with Gasteiger partial charge in [0.2, 0.25) is 0 Å². The molecule has 0 bridgehead atoms. The molecule has 0 aromatic rings. The van der Waals surface area contributed by atoms with Crippen LogP contribution in [0.4, 0.5) is 0 Å². The van der Waals surface area contributed by atoms with Gasteiger partial charge in [-0.25, -0.2) is 0 Å². The van der Waals surface area contributed by atoms with Crippen molar-refractivity contribution in [2.24, 2.45) is 5.73 Å². The quantitative estimate of drug-likeness (QED) is 0.514.